The van der Waals surface area contributed by atoms with Gasteiger partial charge in [-0.2, -0.15) is 0 Å². The summed E-state index contributed by atoms with van der Waals surface area (Å²) in [6, 6.07) is 10.3. The van der Waals surface area contributed by atoms with Crippen molar-refractivity contribution >= 4 is 0 Å². The van der Waals surface area contributed by atoms with Crippen LogP contribution in [0.25, 0.3) is 0 Å². The molecule has 89 valence electrons. The highest BCUT2D eigenvalue weighted by molar-refractivity contribution is 5.14. The number of nitrogens with zero attached hydrogens (tertiary/aromatic N) is 3. The second-order valence-electron chi connectivity index (χ2n) is 4.01. The van der Waals surface area contributed by atoms with Crippen molar-refractivity contribution in [1.29, 1.82) is 0 Å². The number of H-pyrrole nitrogens is 1. The molecule has 0 aliphatic rings. The van der Waals surface area contributed by atoms with Gasteiger partial charge in [-0.05, 0) is 41.7 Å². The van der Waals surface area contributed by atoms with Crippen LogP contribution in [-0.2, 0) is 11.5 Å². The fraction of sp³-hybridized carbons (Fsp3) is 0.417. The minimum Gasteiger partial charge on any atom is -0.240 e. The SMILES string of the molecule is [O]C(CCCCc1ccccc1)c1nnn[nH]1. The highest BCUT2D eigenvalue weighted by atomic mass is 16.3. The van der Waals surface area contributed by atoms with E-state index in [9.17, 15) is 5.11 Å². The van der Waals surface area contributed by atoms with Gasteiger partial charge in [0.05, 0.1) is 0 Å². The Morgan fingerprint density at radius 2 is 2.00 bits per heavy atom. The quantitative estimate of drug-likeness (QED) is 0.773. The molecule has 17 heavy (non-hydrogen) atoms. The van der Waals surface area contributed by atoms with Gasteiger partial charge in [-0.3, -0.25) is 0 Å². The van der Waals surface area contributed by atoms with E-state index in [0.717, 1.165) is 19.3 Å². The average Bonchev–Trinajstić information content (AvgIpc) is 2.89. The normalized spacial score (nSPS) is 12.5. The lowest BCUT2D eigenvalue weighted by Crippen LogP contribution is -1.99. The summed E-state index contributed by atoms with van der Waals surface area (Å²) in [6.45, 7) is 0. The van der Waals surface area contributed by atoms with E-state index in [1.807, 2.05) is 18.2 Å². The zero-order valence-corrected chi connectivity index (χ0v) is 9.54. The monoisotopic (exact) mass is 231 g/mol. The lowest BCUT2D eigenvalue weighted by atomic mass is 10.1. The maximum Gasteiger partial charge on any atom is 0.181 e. The molecule has 1 unspecified atom stereocenters. The van der Waals surface area contributed by atoms with Gasteiger partial charge in [-0.25, -0.2) is 10.2 Å². The fourth-order valence-corrected chi connectivity index (χ4v) is 1.74. The second-order valence-corrected chi connectivity index (χ2v) is 4.01. The van der Waals surface area contributed by atoms with Crippen LogP contribution in [0.5, 0.6) is 0 Å². The number of hydrogen-bond acceptors (Lipinski definition) is 3. The lowest BCUT2D eigenvalue weighted by molar-refractivity contribution is 0.0711. The number of unbranched alkanes of at least 4 members (excludes halogenated alkanes) is 1. The molecular formula is C12H15N4O. The Labute approximate surface area is 99.9 Å². The molecule has 5 heteroatoms. The fourth-order valence-electron chi connectivity index (χ4n) is 1.74. The molecule has 2 aromatic rings. The first-order valence-electron chi connectivity index (χ1n) is 5.79. The molecule has 1 N–H and O–H groups in total. The van der Waals surface area contributed by atoms with E-state index in [0.29, 0.717) is 12.2 Å². The van der Waals surface area contributed by atoms with Crippen molar-refractivity contribution < 1.29 is 5.11 Å². The maximum atomic E-state index is 11.6. The number of aryl methyl sites for hydroxylation is 1. The molecule has 0 amide bonds. The first kappa shape index (κ1) is 11.7. The Bertz CT molecular complexity index is 415. The minimum absolute atomic E-state index is 0.338. The first-order valence-corrected chi connectivity index (χ1v) is 5.79. The third-order valence-corrected chi connectivity index (χ3v) is 2.69. The Morgan fingerprint density at radius 1 is 1.18 bits per heavy atom. The zero-order valence-electron chi connectivity index (χ0n) is 9.54. The van der Waals surface area contributed by atoms with Gasteiger partial charge >= 0.3 is 0 Å². The highest BCUT2D eigenvalue weighted by Crippen LogP contribution is 2.16. The highest BCUT2D eigenvalue weighted by Gasteiger charge is 2.12. The molecule has 0 spiro atoms. The van der Waals surface area contributed by atoms with Crippen LogP contribution < -0.4 is 0 Å². The molecule has 1 radical (unpaired) electrons. The molecular weight excluding hydrogens is 216 g/mol. The lowest BCUT2D eigenvalue weighted by Gasteiger charge is -2.04. The van der Waals surface area contributed by atoms with Crippen molar-refractivity contribution in [3.05, 3.63) is 41.7 Å². The van der Waals surface area contributed by atoms with Crippen LogP contribution in [-0.4, -0.2) is 20.6 Å². The van der Waals surface area contributed by atoms with Crippen LogP contribution in [0.2, 0.25) is 0 Å². The average molecular weight is 231 g/mol. The number of tetrazole rings is 1. The van der Waals surface area contributed by atoms with Gasteiger partial charge in [0.2, 0.25) is 0 Å². The van der Waals surface area contributed by atoms with Crippen LogP contribution in [0.3, 0.4) is 0 Å². The third-order valence-electron chi connectivity index (χ3n) is 2.69. The predicted octanol–water partition coefficient (Wildman–Crippen LogP) is 2.08. The van der Waals surface area contributed by atoms with E-state index >= 15 is 0 Å². The summed E-state index contributed by atoms with van der Waals surface area (Å²) in [5, 5.41) is 24.6. The number of aromatic amines is 1. The van der Waals surface area contributed by atoms with Crippen LogP contribution in [0.4, 0.5) is 0 Å². The molecule has 1 heterocycles. The van der Waals surface area contributed by atoms with Crippen molar-refractivity contribution in [2.45, 2.75) is 31.8 Å². The van der Waals surface area contributed by atoms with Crippen molar-refractivity contribution in [1.82, 2.24) is 20.6 Å². The molecule has 0 saturated carbocycles. The number of benzene rings is 1. The Kier molecular flexibility index (Phi) is 4.21. The molecule has 0 bridgehead atoms. The van der Waals surface area contributed by atoms with Crippen LogP contribution >= 0.6 is 0 Å². The molecule has 1 aromatic heterocycles. The number of rotatable bonds is 6. The van der Waals surface area contributed by atoms with Crippen molar-refractivity contribution in [2.75, 3.05) is 0 Å². The number of hydrogen-bond donors (Lipinski definition) is 1. The largest absolute Gasteiger partial charge is 0.240 e. The van der Waals surface area contributed by atoms with Crippen LogP contribution in [0.15, 0.2) is 30.3 Å². The Hall–Kier alpha value is -1.75. The molecule has 5 nitrogen and oxygen atoms in total. The summed E-state index contributed by atoms with van der Waals surface area (Å²) in [7, 11) is 0. The van der Waals surface area contributed by atoms with Crippen molar-refractivity contribution in [3.63, 3.8) is 0 Å². The van der Waals surface area contributed by atoms with E-state index < -0.39 is 6.10 Å². The van der Waals surface area contributed by atoms with E-state index in [4.69, 9.17) is 0 Å². The molecule has 0 fully saturated rings. The number of nitrogens with one attached hydrogen (secondary N) is 1. The molecule has 1 aromatic carbocycles. The summed E-state index contributed by atoms with van der Waals surface area (Å²) in [4.78, 5) is 0. The Morgan fingerprint density at radius 3 is 2.71 bits per heavy atom. The van der Waals surface area contributed by atoms with Gasteiger partial charge < -0.3 is 0 Å². The van der Waals surface area contributed by atoms with Crippen LogP contribution in [0.1, 0.15) is 36.8 Å². The topological polar surface area (TPSA) is 74.4 Å². The number of aromatic nitrogens is 4. The van der Waals surface area contributed by atoms with Gasteiger partial charge in [0.1, 0.15) is 0 Å². The van der Waals surface area contributed by atoms with Crippen molar-refractivity contribution in [2.24, 2.45) is 0 Å². The minimum atomic E-state index is -0.833. The van der Waals surface area contributed by atoms with E-state index in [1.165, 1.54) is 5.56 Å². The smallest absolute Gasteiger partial charge is 0.181 e. The second kappa shape index (κ2) is 6.10. The van der Waals surface area contributed by atoms with Crippen molar-refractivity contribution in [3.8, 4) is 0 Å². The van der Waals surface area contributed by atoms with E-state index in [2.05, 4.69) is 32.8 Å². The van der Waals surface area contributed by atoms with Crippen LogP contribution in [0, 0.1) is 0 Å². The molecule has 0 saturated heterocycles. The summed E-state index contributed by atoms with van der Waals surface area (Å²) >= 11 is 0. The molecule has 0 aliphatic carbocycles. The Balaban J connectivity index is 1.67. The first-order chi connectivity index (χ1) is 8.36. The zero-order chi connectivity index (χ0) is 11.9. The van der Waals surface area contributed by atoms with Gasteiger partial charge in [-0.15, -0.1) is 5.10 Å². The van der Waals surface area contributed by atoms with Gasteiger partial charge in [-0.1, -0.05) is 30.3 Å². The summed E-state index contributed by atoms with van der Waals surface area (Å²) < 4.78 is 0. The summed E-state index contributed by atoms with van der Waals surface area (Å²) in [6.07, 6.45) is 2.67. The van der Waals surface area contributed by atoms with E-state index in [1.54, 1.807) is 0 Å². The summed E-state index contributed by atoms with van der Waals surface area (Å²) in [5.74, 6) is 0.338. The van der Waals surface area contributed by atoms with Gasteiger partial charge in [0.15, 0.2) is 11.9 Å². The third kappa shape index (κ3) is 3.64. The standard InChI is InChI=1S/C12H15N4O/c17-11(12-13-15-16-14-12)9-5-4-8-10-6-2-1-3-7-10/h1-3,6-7,11H,4-5,8-9H2,(H,13,14,15,16). The predicted molar refractivity (Wildman–Crippen MR) is 61.6 cm³/mol. The summed E-state index contributed by atoms with van der Waals surface area (Å²) in [5.41, 5.74) is 1.32. The molecule has 0 aliphatic heterocycles. The van der Waals surface area contributed by atoms with Gasteiger partial charge in [0.25, 0.3) is 0 Å². The molecule has 1 atom stereocenters. The van der Waals surface area contributed by atoms with Gasteiger partial charge in [0, 0.05) is 0 Å². The van der Waals surface area contributed by atoms with E-state index in [-0.39, 0.29) is 0 Å². The maximum absolute atomic E-state index is 11.6. The molecule has 2 rings (SSSR count).